The summed E-state index contributed by atoms with van der Waals surface area (Å²) in [5.41, 5.74) is 3.16. The van der Waals surface area contributed by atoms with Crippen LogP contribution in [0.15, 0.2) is 59.6 Å². The number of carbonyl (C=O) groups excluding carboxylic acids is 2. The maximum Gasteiger partial charge on any atom is 0.242 e. The molecule has 2 amide bonds. The highest BCUT2D eigenvalue weighted by atomic mass is 32.2. The van der Waals surface area contributed by atoms with E-state index in [2.05, 4.69) is 37.4 Å². The van der Waals surface area contributed by atoms with E-state index in [4.69, 9.17) is 0 Å². The first-order valence-electron chi connectivity index (χ1n) is 12.4. The van der Waals surface area contributed by atoms with Crippen molar-refractivity contribution in [2.75, 3.05) is 24.2 Å². The van der Waals surface area contributed by atoms with E-state index in [-0.39, 0.29) is 11.8 Å². The largest absolute Gasteiger partial charge is 0.341 e. The third-order valence-corrected chi connectivity index (χ3v) is 7.65. The first-order chi connectivity index (χ1) is 16.5. The van der Waals surface area contributed by atoms with Gasteiger partial charge in [0, 0.05) is 40.8 Å². The topological polar surface area (TPSA) is 54.3 Å². The normalized spacial score (nSPS) is 14.5. The molecule has 180 valence electrons. The van der Waals surface area contributed by atoms with Gasteiger partial charge in [-0.1, -0.05) is 50.6 Å². The Labute approximate surface area is 206 Å². The number of para-hydroxylation sites is 1. The van der Waals surface area contributed by atoms with Crippen molar-refractivity contribution in [3.8, 4) is 0 Å². The van der Waals surface area contributed by atoms with E-state index in [9.17, 15) is 9.59 Å². The minimum Gasteiger partial charge on any atom is -0.341 e. The number of piperidine rings is 1. The Morgan fingerprint density at radius 3 is 2.53 bits per heavy atom. The zero-order valence-electron chi connectivity index (χ0n) is 20.3. The lowest BCUT2D eigenvalue weighted by atomic mass is 9.99. The lowest BCUT2D eigenvalue weighted by molar-refractivity contribution is -0.133. The molecule has 1 saturated heterocycles. The van der Waals surface area contributed by atoms with Gasteiger partial charge in [0.2, 0.25) is 11.8 Å². The Kier molecular flexibility index (Phi) is 8.33. The van der Waals surface area contributed by atoms with Gasteiger partial charge in [0.05, 0.1) is 5.75 Å². The van der Waals surface area contributed by atoms with E-state index in [1.165, 1.54) is 30.2 Å². The number of hydrogen-bond donors (Lipinski definition) is 1. The Morgan fingerprint density at radius 2 is 1.79 bits per heavy atom. The average molecular weight is 478 g/mol. The van der Waals surface area contributed by atoms with Crippen LogP contribution in [0, 0.1) is 5.92 Å². The molecule has 3 aromatic rings. The summed E-state index contributed by atoms with van der Waals surface area (Å²) in [6, 6.07) is 16.2. The number of carbonyl (C=O) groups is 2. The molecule has 34 heavy (non-hydrogen) atoms. The van der Waals surface area contributed by atoms with Gasteiger partial charge in [-0.15, -0.1) is 11.8 Å². The number of benzene rings is 2. The summed E-state index contributed by atoms with van der Waals surface area (Å²) in [5.74, 6) is 1.17. The molecule has 1 aromatic heterocycles. The molecule has 4 rings (SSSR count). The van der Waals surface area contributed by atoms with Crippen LogP contribution in [0.2, 0.25) is 0 Å². The molecule has 0 radical (unpaired) electrons. The van der Waals surface area contributed by atoms with Crippen molar-refractivity contribution in [1.82, 2.24) is 9.47 Å². The van der Waals surface area contributed by atoms with Crippen molar-refractivity contribution in [2.24, 2.45) is 5.92 Å². The number of amides is 2. The molecule has 0 bridgehead atoms. The maximum atomic E-state index is 12.9. The lowest BCUT2D eigenvalue weighted by Gasteiger charge is -2.30. The Hall–Kier alpha value is -2.73. The number of thioether (sulfide) groups is 1. The smallest absolute Gasteiger partial charge is 0.242 e. The molecule has 0 atom stereocenters. The van der Waals surface area contributed by atoms with Crippen LogP contribution in [0.5, 0.6) is 0 Å². The second-order valence-electron chi connectivity index (χ2n) is 9.34. The second-order valence-corrected chi connectivity index (χ2v) is 10.4. The maximum absolute atomic E-state index is 12.9. The number of nitrogens with zero attached hydrogens (tertiary/aromatic N) is 2. The third-order valence-electron chi connectivity index (χ3n) is 6.61. The molecule has 6 heteroatoms. The van der Waals surface area contributed by atoms with E-state index in [0.29, 0.717) is 18.2 Å². The number of nitrogens with one attached hydrogen (secondary N) is 1. The fourth-order valence-corrected chi connectivity index (χ4v) is 5.33. The summed E-state index contributed by atoms with van der Waals surface area (Å²) in [4.78, 5) is 28.5. The van der Waals surface area contributed by atoms with E-state index in [1.807, 2.05) is 46.0 Å². The monoisotopic (exact) mass is 477 g/mol. The number of fused-ring (bicyclic) bond motifs is 1. The van der Waals surface area contributed by atoms with E-state index in [1.54, 1.807) is 0 Å². The number of unbranched alkanes of at least 4 members (excludes halogenated alkanes) is 1. The number of aryl methyl sites for hydroxylation is 1. The molecular formula is C28H35N3O2S. The fraction of sp³-hybridized carbons (Fsp3) is 0.429. The van der Waals surface area contributed by atoms with Crippen LogP contribution in [-0.4, -0.2) is 40.1 Å². The van der Waals surface area contributed by atoms with Crippen LogP contribution in [0.1, 0.15) is 45.1 Å². The van der Waals surface area contributed by atoms with Crippen LogP contribution in [0.25, 0.3) is 10.9 Å². The van der Waals surface area contributed by atoms with Crippen molar-refractivity contribution in [3.05, 3.63) is 60.3 Å². The number of anilines is 1. The highest BCUT2D eigenvalue weighted by Gasteiger charge is 2.21. The summed E-state index contributed by atoms with van der Waals surface area (Å²) in [6.07, 6.45) is 7.61. The number of rotatable bonds is 9. The summed E-state index contributed by atoms with van der Waals surface area (Å²) in [7, 11) is 0. The fourth-order valence-electron chi connectivity index (χ4n) is 4.44. The van der Waals surface area contributed by atoms with Crippen molar-refractivity contribution < 1.29 is 9.59 Å². The quantitative estimate of drug-likeness (QED) is 0.386. The molecule has 2 aromatic carbocycles. The SMILES string of the molecule is CCCCc1ccc(NC(=O)CSc2cn(CC(=O)N3CCC(C)CC3)c3ccccc23)cc1. The summed E-state index contributed by atoms with van der Waals surface area (Å²) in [6.45, 7) is 6.48. The van der Waals surface area contributed by atoms with Crippen LogP contribution >= 0.6 is 11.8 Å². The minimum atomic E-state index is -0.0262. The van der Waals surface area contributed by atoms with Gasteiger partial charge in [-0.2, -0.15) is 0 Å². The zero-order valence-corrected chi connectivity index (χ0v) is 21.1. The predicted octanol–water partition coefficient (Wildman–Crippen LogP) is 5.97. The van der Waals surface area contributed by atoms with E-state index < -0.39 is 0 Å². The van der Waals surface area contributed by atoms with Crippen LogP contribution in [-0.2, 0) is 22.6 Å². The number of hydrogen-bond acceptors (Lipinski definition) is 3. The van der Waals surface area contributed by atoms with E-state index in [0.717, 1.165) is 53.8 Å². The van der Waals surface area contributed by atoms with Gasteiger partial charge >= 0.3 is 0 Å². The van der Waals surface area contributed by atoms with Gasteiger partial charge in [0.1, 0.15) is 6.54 Å². The van der Waals surface area contributed by atoms with Gasteiger partial charge in [-0.3, -0.25) is 9.59 Å². The predicted molar refractivity (Wildman–Crippen MR) is 141 cm³/mol. The average Bonchev–Trinajstić information content (AvgIpc) is 3.20. The number of aromatic nitrogens is 1. The molecule has 0 unspecified atom stereocenters. The highest BCUT2D eigenvalue weighted by molar-refractivity contribution is 8.00. The summed E-state index contributed by atoms with van der Waals surface area (Å²) < 4.78 is 2.03. The van der Waals surface area contributed by atoms with Crippen LogP contribution in [0.3, 0.4) is 0 Å². The van der Waals surface area contributed by atoms with Crippen LogP contribution in [0.4, 0.5) is 5.69 Å². The van der Waals surface area contributed by atoms with Gasteiger partial charge in [0.25, 0.3) is 0 Å². The Balaban J connectivity index is 1.37. The Bertz CT molecular complexity index is 1110. The molecule has 0 spiro atoms. The lowest BCUT2D eigenvalue weighted by Crippen LogP contribution is -2.39. The van der Waals surface area contributed by atoms with Crippen molar-refractivity contribution >= 4 is 40.2 Å². The molecule has 0 saturated carbocycles. The molecule has 1 N–H and O–H groups in total. The molecule has 5 nitrogen and oxygen atoms in total. The molecular weight excluding hydrogens is 442 g/mol. The minimum absolute atomic E-state index is 0.0262. The van der Waals surface area contributed by atoms with Crippen molar-refractivity contribution in [2.45, 2.75) is 57.4 Å². The Morgan fingerprint density at radius 1 is 1.06 bits per heavy atom. The molecule has 2 heterocycles. The van der Waals surface area contributed by atoms with Gasteiger partial charge in [-0.05, 0) is 55.4 Å². The highest BCUT2D eigenvalue weighted by Crippen LogP contribution is 2.30. The van der Waals surface area contributed by atoms with Crippen molar-refractivity contribution in [1.29, 1.82) is 0 Å². The molecule has 1 fully saturated rings. The second kappa shape index (κ2) is 11.6. The third kappa shape index (κ3) is 6.23. The van der Waals surface area contributed by atoms with Crippen LogP contribution < -0.4 is 5.32 Å². The van der Waals surface area contributed by atoms with E-state index >= 15 is 0 Å². The van der Waals surface area contributed by atoms with Gasteiger partial charge in [-0.25, -0.2) is 0 Å². The summed E-state index contributed by atoms with van der Waals surface area (Å²) in [5, 5.41) is 4.09. The number of likely N-dealkylation sites (tertiary alicyclic amines) is 1. The van der Waals surface area contributed by atoms with Gasteiger partial charge < -0.3 is 14.8 Å². The van der Waals surface area contributed by atoms with Crippen molar-refractivity contribution in [3.63, 3.8) is 0 Å². The summed E-state index contributed by atoms with van der Waals surface area (Å²) >= 11 is 1.52. The molecule has 0 aliphatic carbocycles. The van der Waals surface area contributed by atoms with Gasteiger partial charge in [0.15, 0.2) is 0 Å². The molecule has 1 aliphatic heterocycles. The first kappa shape index (κ1) is 24.4. The standard InChI is InChI=1S/C28H35N3O2S/c1-3-4-7-22-10-12-23(13-11-22)29-27(32)20-34-26-18-31(25-9-6-5-8-24(25)26)19-28(33)30-16-14-21(2)15-17-30/h5-6,8-13,18,21H,3-4,7,14-17,19-20H2,1-2H3,(H,29,32). The molecule has 1 aliphatic rings. The zero-order chi connectivity index (χ0) is 23.9. The first-order valence-corrected chi connectivity index (χ1v) is 13.4.